The van der Waals surface area contributed by atoms with Crippen molar-refractivity contribution in [2.45, 2.75) is 6.54 Å². The third-order valence-electron chi connectivity index (χ3n) is 2.72. The fourth-order valence-corrected chi connectivity index (χ4v) is 1.82. The maximum atomic E-state index is 10.8. The molecule has 18 heavy (non-hydrogen) atoms. The summed E-state index contributed by atoms with van der Waals surface area (Å²) in [4.78, 5) is 10.8. The molecule has 0 aliphatic heterocycles. The molecule has 0 N–H and O–H groups in total. The van der Waals surface area contributed by atoms with E-state index in [1.807, 2.05) is 22.9 Å². The number of benzene rings is 1. The minimum Gasteiger partial charge on any atom is -0.495 e. The summed E-state index contributed by atoms with van der Waals surface area (Å²) in [5.41, 5.74) is 2.06. The van der Waals surface area contributed by atoms with Crippen molar-refractivity contribution >= 4 is 6.29 Å². The van der Waals surface area contributed by atoms with Crippen molar-refractivity contribution in [1.29, 1.82) is 5.26 Å². The molecule has 0 amide bonds. The highest BCUT2D eigenvalue weighted by Gasteiger charge is 2.05. The Balaban J connectivity index is 2.30. The van der Waals surface area contributed by atoms with E-state index in [-0.39, 0.29) is 0 Å². The second-order valence-electron chi connectivity index (χ2n) is 3.83. The van der Waals surface area contributed by atoms with Crippen molar-refractivity contribution in [3.8, 4) is 11.8 Å². The maximum Gasteiger partial charge on any atom is 0.166 e. The number of hydrogen-bond donors (Lipinski definition) is 0. The number of carbonyl (C=O) groups excluding carboxylic acids is 1. The quantitative estimate of drug-likeness (QED) is 0.770. The molecule has 0 atom stereocenters. The third-order valence-corrected chi connectivity index (χ3v) is 2.72. The van der Waals surface area contributed by atoms with Crippen molar-refractivity contribution in [3.63, 3.8) is 0 Å². The van der Waals surface area contributed by atoms with Crippen LogP contribution in [0.4, 0.5) is 0 Å². The zero-order valence-corrected chi connectivity index (χ0v) is 9.96. The van der Waals surface area contributed by atoms with Gasteiger partial charge < -0.3 is 9.30 Å². The molecule has 0 saturated carbocycles. The Morgan fingerprint density at radius 1 is 1.44 bits per heavy atom. The first kappa shape index (κ1) is 11.9. The van der Waals surface area contributed by atoms with Gasteiger partial charge in [0, 0.05) is 12.7 Å². The smallest absolute Gasteiger partial charge is 0.166 e. The first-order valence-electron chi connectivity index (χ1n) is 5.46. The minimum atomic E-state index is 0.495. The van der Waals surface area contributed by atoms with Crippen LogP contribution in [0, 0.1) is 11.3 Å². The zero-order chi connectivity index (χ0) is 13.0. The summed E-state index contributed by atoms with van der Waals surface area (Å²) in [5, 5.41) is 9.01. The molecule has 90 valence electrons. The van der Waals surface area contributed by atoms with E-state index in [0.717, 1.165) is 11.8 Å². The molecule has 0 fully saturated rings. The normalized spacial score (nSPS) is 9.78. The molecular formula is C14H12N2O2. The highest BCUT2D eigenvalue weighted by molar-refractivity contribution is 5.72. The summed E-state index contributed by atoms with van der Waals surface area (Å²) >= 11 is 0. The van der Waals surface area contributed by atoms with E-state index < -0.39 is 0 Å². The van der Waals surface area contributed by atoms with Gasteiger partial charge in [-0.2, -0.15) is 5.26 Å². The van der Waals surface area contributed by atoms with Crippen LogP contribution in [0.25, 0.3) is 0 Å². The molecule has 4 heteroatoms. The van der Waals surface area contributed by atoms with Gasteiger partial charge in [-0.05, 0) is 29.8 Å². The lowest BCUT2D eigenvalue weighted by Gasteiger charge is -2.08. The van der Waals surface area contributed by atoms with Gasteiger partial charge in [-0.25, -0.2) is 0 Å². The largest absolute Gasteiger partial charge is 0.495 e. The van der Waals surface area contributed by atoms with Crippen LogP contribution in [0.5, 0.6) is 5.75 Å². The molecule has 0 aliphatic rings. The number of methoxy groups -OCH3 is 1. The van der Waals surface area contributed by atoms with Crippen molar-refractivity contribution < 1.29 is 9.53 Å². The summed E-state index contributed by atoms with van der Waals surface area (Å²) in [6.07, 6.45) is 2.65. The first-order valence-corrected chi connectivity index (χ1v) is 5.46. The molecule has 0 aliphatic carbocycles. The number of rotatable bonds is 4. The summed E-state index contributed by atoms with van der Waals surface area (Å²) in [7, 11) is 1.53. The number of carbonyl (C=O) groups is 1. The number of aromatic nitrogens is 1. The highest BCUT2D eigenvalue weighted by atomic mass is 16.5. The van der Waals surface area contributed by atoms with Gasteiger partial charge in [0.15, 0.2) is 6.29 Å². The van der Waals surface area contributed by atoms with E-state index >= 15 is 0 Å². The van der Waals surface area contributed by atoms with Gasteiger partial charge in [0.1, 0.15) is 11.8 Å². The van der Waals surface area contributed by atoms with Crippen LogP contribution in [-0.4, -0.2) is 18.0 Å². The monoisotopic (exact) mass is 240 g/mol. The fraction of sp³-hybridized carbons (Fsp3) is 0.143. The third kappa shape index (κ3) is 2.25. The Hall–Kier alpha value is -2.54. The van der Waals surface area contributed by atoms with E-state index in [4.69, 9.17) is 10.00 Å². The van der Waals surface area contributed by atoms with Gasteiger partial charge in [-0.15, -0.1) is 0 Å². The van der Waals surface area contributed by atoms with Crippen LogP contribution >= 0.6 is 0 Å². The number of hydrogen-bond acceptors (Lipinski definition) is 3. The number of ether oxygens (including phenoxy) is 1. The molecule has 2 rings (SSSR count). The molecular weight excluding hydrogens is 228 g/mol. The molecule has 1 aromatic heterocycles. The lowest BCUT2D eigenvalue weighted by atomic mass is 10.1. The fourth-order valence-electron chi connectivity index (χ4n) is 1.82. The average molecular weight is 240 g/mol. The average Bonchev–Trinajstić information content (AvgIpc) is 2.85. The Bertz CT molecular complexity index is 608. The summed E-state index contributed by atoms with van der Waals surface area (Å²) in [6.45, 7) is 0.555. The van der Waals surface area contributed by atoms with Crippen LogP contribution in [-0.2, 0) is 6.54 Å². The Labute approximate surface area is 105 Å². The lowest BCUT2D eigenvalue weighted by Crippen LogP contribution is -2.02. The molecule has 4 nitrogen and oxygen atoms in total. The van der Waals surface area contributed by atoms with Gasteiger partial charge in [-0.1, -0.05) is 6.07 Å². The van der Waals surface area contributed by atoms with Gasteiger partial charge in [0.05, 0.1) is 18.4 Å². The first-order chi connectivity index (χ1) is 8.78. The predicted octanol–water partition coefficient (Wildman–Crippen LogP) is 2.23. The topological polar surface area (TPSA) is 55.0 Å². The molecule has 1 heterocycles. The molecule has 2 aromatic rings. The van der Waals surface area contributed by atoms with Gasteiger partial charge in [0.2, 0.25) is 0 Å². The van der Waals surface area contributed by atoms with Gasteiger partial charge in [-0.3, -0.25) is 4.79 Å². The van der Waals surface area contributed by atoms with Crippen molar-refractivity contribution in [1.82, 2.24) is 4.57 Å². The van der Waals surface area contributed by atoms with Crippen molar-refractivity contribution in [2.75, 3.05) is 7.11 Å². The van der Waals surface area contributed by atoms with Gasteiger partial charge in [0.25, 0.3) is 0 Å². The number of nitriles is 1. The molecule has 0 unspecified atom stereocenters. The molecule has 1 aromatic carbocycles. The van der Waals surface area contributed by atoms with Crippen LogP contribution in [0.3, 0.4) is 0 Å². The Morgan fingerprint density at radius 2 is 2.28 bits per heavy atom. The van der Waals surface area contributed by atoms with Crippen molar-refractivity contribution in [2.24, 2.45) is 0 Å². The molecule has 0 bridgehead atoms. The predicted molar refractivity (Wildman–Crippen MR) is 66.6 cm³/mol. The Morgan fingerprint density at radius 3 is 2.94 bits per heavy atom. The Kier molecular flexibility index (Phi) is 3.44. The maximum absolute atomic E-state index is 10.8. The SMILES string of the molecule is COc1ccc(Cn2cccc2C=O)cc1C#N. The van der Waals surface area contributed by atoms with Crippen molar-refractivity contribution in [3.05, 3.63) is 53.3 Å². The van der Waals surface area contributed by atoms with Crippen LogP contribution in [0.2, 0.25) is 0 Å². The number of nitrogens with zero attached hydrogens (tertiary/aromatic N) is 2. The molecule has 0 radical (unpaired) electrons. The van der Waals surface area contributed by atoms with E-state index in [1.54, 1.807) is 18.2 Å². The minimum absolute atomic E-state index is 0.495. The standard InChI is InChI=1S/C14H12N2O2/c1-18-14-5-4-11(7-12(14)8-15)9-16-6-2-3-13(16)10-17/h2-7,10H,9H2,1H3. The number of aldehydes is 1. The second-order valence-corrected chi connectivity index (χ2v) is 3.83. The van der Waals surface area contributed by atoms with Gasteiger partial charge >= 0.3 is 0 Å². The van der Waals surface area contributed by atoms with E-state index in [0.29, 0.717) is 23.6 Å². The summed E-state index contributed by atoms with van der Waals surface area (Å²) in [5.74, 6) is 0.560. The highest BCUT2D eigenvalue weighted by Crippen LogP contribution is 2.19. The molecule has 0 spiro atoms. The van der Waals surface area contributed by atoms with E-state index in [1.165, 1.54) is 7.11 Å². The van der Waals surface area contributed by atoms with E-state index in [9.17, 15) is 4.79 Å². The van der Waals surface area contributed by atoms with Crippen LogP contribution < -0.4 is 4.74 Å². The summed E-state index contributed by atoms with van der Waals surface area (Å²) in [6, 6.07) is 11.1. The summed E-state index contributed by atoms with van der Waals surface area (Å²) < 4.78 is 6.92. The van der Waals surface area contributed by atoms with E-state index in [2.05, 4.69) is 6.07 Å². The molecule has 0 saturated heterocycles. The second kappa shape index (κ2) is 5.19. The lowest BCUT2D eigenvalue weighted by molar-refractivity contribution is 0.111. The van der Waals surface area contributed by atoms with Crippen LogP contribution in [0.15, 0.2) is 36.5 Å². The zero-order valence-electron chi connectivity index (χ0n) is 9.96. The van der Waals surface area contributed by atoms with Crippen LogP contribution in [0.1, 0.15) is 21.6 Å².